The average Bonchev–Trinajstić information content (AvgIpc) is 3.40. The molecule has 4 rings (SSSR count). The van der Waals surface area contributed by atoms with Crippen molar-refractivity contribution in [2.24, 2.45) is 35.1 Å². The smallest absolute Gasteiger partial charge is 0.334 e. The van der Waals surface area contributed by atoms with E-state index in [1.165, 1.54) is 13.3 Å². The van der Waals surface area contributed by atoms with Crippen molar-refractivity contribution in [3.63, 3.8) is 0 Å². The van der Waals surface area contributed by atoms with E-state index >= 15 is 0 Å². The summed E-state index contributed by atoms with van der Waals surface area (Å²) in [6, 6.07) is 6.69. The zero-order valence-electron chi connectivity index (χ0n) is 25.3. The Labute approximate surface area is 251 Å². The van der Waals surface area contributed by atoms with Gasteiger partial charge in [-0.1, -0.05) is 27.7 Å². The second-order valence-electron chi connectivity index (χ2n) is 11.6. The van der Waals surface area contributed by atoms with Gasteiger partial charge in [-0.25, -0.2) is 4.31 Å². The van der Waals surface area contributed by atoms with Gasteiger partial charge in [-0.15, -0.1) is 0 Å². The molecule has 0 bridgehead atoms. The van der Waals surface area contributed by atoms with E-state index in [0.29, 0.717) is 11.1 Å². The van der Waals surface area contributed by atoms with Crippen molar-refractivity contribution in [1.82, 2.24) is 0 Å². The third-order valence-corrected chi connectivity index (χ3v) is 12.0. The van der Waals surface area contributed by atoms with Crippen molar-refractivity contribution in [1.29, 1.82) is 0 Å². The number of hydrogen-bond donors (Lipinski definition) is 2. The molecule has 236 valence electrons. The quantitative estimate of drug-likeness (QED) is 0.261. The minimum atomic E-state index is -3.81. The van der Waals surface area contributed by atoms with Gasteiger partial charge in [0.2, 0.25) is 0 Å². The van der Waals surface area contributed by atoms with Gasteiger partial charge in [-0.2, -0.15) is 9.13 Å². The molecule has 4 unspecified atom stereocenters. The number of ether oxygens (including phenoxy) is 2. The predicted molar refractivity (Wildman–Crippen MR) is 155 cm³/mol. The molecule has 0 saturated carbocycles. The summed E-state index contributed by atoms with van der Waals surface area (Å²) in [6.07, 6.45) is 5.19. The van der Waals surface area contributed by atoms with Crippen LogP contribution in [0.3, 0.4) is 0 Å². The second kappa shape index (κ2) is 13.2. The van der Waals surface area contributed by atoms with Crippen molar-refractivity contribution >= 4 is 27.0 Å². The average molecular weight is 641 g/mol. The maximum atomic E-state index is 13.2. The standard InChI is InChI=1S/C28H40N4O9P2/c1-17-19(3)27(31-11-7-9-21(13-31)25(29)33)39-23(17)15-37-42(5,35)41-43(6,36)38-16-24-18(2)20(4)28(40-24)32-12-8-10-22(14-32)26(30)34/h7-14,17-20,23-24,27-28H,15-16H2,1-6H3,(H2-2,29,30,33,34)/p+2/t17-,18-,19+,20+,23+,24+,27?,28?,42?,43?/m0/s1. The fraction of sp³-hybridized carbons (Fsp3) is 0.571. The van der Waals surface area contributed by atoms with Crippen LogP contribution in [-0.2, 0) is 32.0 Å². The summed E-state index contributed by atoms with van der Waals surface area (Å²) in [5.41, 5.74) is 11.5. The lowest BCUT2D eigenvalue weighted by molar-refractivity contribution is -0.765. The van der Waals surface area contributed by atoms with E-state index in [2.05, 4.69) is 0 Å². The second-order valence-corrected chi connectivity index (χ2v) is 15.8. The van der Waals surface area contributed by atoms with Crippen LogP contribution in [0.1, 0.15) is 60.9 Å². The van der Waals surface area contributed by atoms with Crippen LogP contribution in [0.2, 0.25) is 0 Å². The molecule has 2 aromatic rings. The molecule has 0 aromatic carbocycles. The van der Waals surface area contributed by atoms with Crippen LogP contribution >= 0.6 is 15.2 Å². The number of amides is 2. The number of primary amides is 2. The number of rotatable bonds is 12. The molecule has 4 heterocycles. The normalized spacial score (nSPS) is 31.8. The monoisotopic (exact) mass is 640 g/mol. The van der Waals surface area contributed by atoms with Gasteiger partial charge in [0.15, 0.2) is 24.8 Å². The molecule has 4 N–H and O–H groups in total. The van der Waals surface area contributed by atoms with Crippen LogP contribution in [0.25, 0.3) is 0 Å². The Hall–Kier alpha value is -2.50. The summed E-state index contributed by atoms with van der Waals surface area (Å²) in [5.74, 6) is -0.986. The summed E-state index contributed by atoms with van der Waals surface area (Å²) < 4.78 is 59.0. The van der Waals surface area contributed by atoms with Crippen LogP contribution in [-0.4, -0.2) is 50.6 Å². The van der Waals surface area contributed by atoms with Gasteiger partial charge in [0.05, 0.1) is 37.3 Å². The van der Waals surface area contributed by atoms with Crippen LogP contribution in [0, 0.1) is 23.7 Å². The summed E-state index contributed by atoms with van der Waals surface area (Å²) in [7, 11) is -7.63. The summed E-state index contributed by atoms with van der Waals surface area (Å²) >= 11 is 0. The van der Waals surface area contributed by atoms with Gasteiger partial charge in [-0.05, 0) is 24.0 Å². The van der Waals surface area contributed by atoms with Crippen molar-refractivity contribution in [2.45, 2.75) is 52.4 Å². The number of carbonyl (C=O) groups excluding carboxylic acids is 2. The molecule has 0 spiro atoms. The lowest BCUT2D eigenvalue weighted by Crippen LogP contribution is -2.42. The highest BCUT2D eigenvalue weighted by Crippen LogP contribution is 2.61. The number of aromatic nitrogens is 2. The van der Waals surface area contributed by atoms with E-state index in [-0.39, 0.29) is 36.9 Å². The molecule has 2 aliphatic heterocycles. The first-order valence-corrected chi connectivity index (χ1v) is 18.1. The topological polar surface area (TPSA) is 174 Å². The maximum absolute atomic E-state index is 13.2. The number of pyridine rings is 2. The molecule has 43 heavy (non-hydrogen) atoms. The predicted octanol–water partition coefficient (Wildman–Crippen LogP) is 3.19. The van der Waals surface area contributed by atoms with Crippen LogP contribution in [0.15, 0.2) is 49.1 Å². The number of nitrogens with zero attached hydrogens (tertiary/aromatic N) is 2. The summed E-state index contributed by atoms with van der Waals surface area (Å²) in [4.78, 5) is 23.2. The number of nitrogens with two attached hydrogens (primary N) is 2. The fourth-order valence-corrected chi connectivity index (χ4v) is 8.81. The summed E-state index contributed by atoms with van der Waals surface area (Å²) in [5, 5.41) is 0. The molecule has 0 radical (unpaired) electrons. The van der Waals surface area contributed by atoms with E-state index in [1.807, 2.05) is 27.7 Å². The van der Waals surface area contributed by atoms with Crippen molar-refractivity contribution in [3.05, 3.63) is 60.2 Å². The Morgan fingerprint density at radius 3 is 1.47 bits per heavy atom. The molecule has 2 fully saturated rings. The summed E-state index contributed by atoms with van der Waals surface area (Å²) in [6.45, 7) is 10.4. The Kier molecular flexibility index (Phi) is 10.3. The van der Waals surface area contributed by atoms with E-state index in [9.17, 15) is 18.7 Å². The molecule has 10 atom stereocenters. The Bertz CT molecular complexity index is 1340. The fourth-order valence-electron chi connectivity index (χ4n) is 5.44. The van der Waals surface area contributed by atoms with Crippen molar-refractivity contribution in [3.8, 4) is 0 Å². The Balaban J connectivity index is 1.31. The van der Waals surface area contributed by atoms with Crippen molar-refractivity contribution in [2.75, 3.05) is 26.5 Å². The molecule has 2 aliphatic rings. The Morgan fingerprint density at radius 2 is 1.12 bits per heavy atom. The molecule has 2 amide bonds. The molecule has 0 aliphatic carbocycles. The van der Waals surface area contributed by atoms with Gasteiger partial charge in [0.25, 0.3) is 24.3 Å². The highest BCUT2D eigenvalue weighted by Gasteiger charge is 2.47. The first-order valence-electron chi connectivity index (χ1n) is 14.2. The molecule has 2 aromatic heterocycles. The van der Waals surface area contributed by atoms with E-state index in [1.54, 1.807) is 58.2 Å². The van der Waals surface area contributed by atoms with E-state index in [0.717, 1.165) is 0 Å². The lowest BCUT2D eigenvalue weighted by Gasteiger charge is -2.23. The van der Waals surface area contributed by atoms with E-state index < -0.39 is 51.7 Å². The first-order chi connectivity index (χ1) is 20.1. The highest BCUT2D eigenvalue weighted by molar-refractivity contribution is 7.66. The third kappa shape index (κ3) is 7.97. The molecule has 13 nitrogen and oxygen atoms in total. The van der Waals surface area contributed by atoms with Crippen LogP contribution in [0.4, 0.5) is 0 Å². The van der Waals surface area contributed by atoms with E-state index in [4.69, 9.17) is 34.3 Å². The van der Waals surface area contributed by atoms with Gasteiger partial charge < -0.3 is 30.0 Å². The maximum Gasteiger partial charge on any atom is 0.334 e. The number of hydrogen-bond acceptors (Lipinski definition) is 9. The SMILES string of the molecule is C[C@@H]1[C@@H](COP(C)(=O)OP(C)(=O)OC[C@H]2OC([n+]3cccc(C(N)=O)c3)[C@H](C)[C@@H]2C)OC([n+]2cccc(C(N)=O)c2)[C@@H]1C. The Morgan fingerprint density at radius 1 is 0.744 bits per heavy atom. The molecule has 2 saturated heterocycles. The van der Waals surface area contributed by atoms with Gasteiger partial charge in [0.1, 0.15) is 11.1 Å². The number of carbonyl (C=O) groups is 2. The first kappa shape index (κ1) is 33.4. The third-order valence-electron chi connectivity index (χ3n) is 8.40. The van der Waals surface area contributed by atoms with Gasteiger partial charge >= 0.3 is 15.2 Å². The minimum Gasteiger partial charge on any atom is -0.365 e. The molecular weight excluding hydrogens is 598 g/mol. The zero-order chi connectivity index (χ0) is 31.7. The van der Waals surface area contributed by atoms with Crippen LogP contribution in [0.5, 0.6) is 0 Å². The van der Waals surface area contributed by atoms with Gasteiger partial charge in [-0.3, -0.25) is 18.7 Å². The zero-order valence-corrected chi connectivity index (χ0v) is 27.1. The molecular formula is C28H42N4O9P2+2. The largest absolute Gasteiger partial charge is 0.365 e. The van der Waals surface area contributed by atoms with Gasteiger partial charge in [0, 0.05) is 25.5 Å². The molecule has 15 heteroatoms. The van der Waals surface area contributed by atoms with Crippen molar-refractivity contribution < 1.29 is 50.7 Å². The highest BCUT2D eigenvalue weighted by atomic mass is 31.3. The lowest BCUT2D eigenvalue weighted by atomic mass is 9.93. The minimum absolute atomic E-state index is 0.0110. The van der Waals surface area contributed by atoms with Crippen LogP contribution < -0.4 is 20.6 Å².